The summed E-state index contributed by atoms with van der Waals surface area (Å²) in [6.45, 7) is 0. The smallest absolute Gasteiger partial charge is 0.337 e. The number of carboxylic acid groups (broad SMARTS) is 1. The minimum atomic E-state index is -1.13. The topological polar surface area (TPSA) is 70.3 Å². The number of carboxylic acids is 1. The van der Waals surface area contributed by atoms with E-state index in [1.54, 1.807) is 24.3 Å². The monoisotopic (exact) mass is 351 g/mol. The molecular formula is C14H7BrClNO3. The Morgan fingerprint density at radius 3 is 2.65 bits per heavy atom. The van der Waals surface area contributed by atoms with Crippen LogP contribution >= 0.6 is 27.5 Å². The Morgan fingerprint density at radius 1 is 1.30 bits per heavy atom. The van der Waals surface area contributed by atoms with Gasteiger partial charge in [-0.1, -0.05) is 11.6 Å². The molecule has 2 aromatic carbocycles. The SMILES string of the molecule is N#Cc1ccc(Oc2ccc(Cl)c(C(=O)O)c2)c(Br)c1. The Hall–Kier alpha value is -2.03. The van der Waals surface area contributed by atoms with Gasteiger partial charge in [-0.15, -0.1) is 0 Å². The number of carbonyl (C=O) groups is 1. The molecule has 0 spiro atoms. The average Bonchev–Trinajstić information content (AvgIpc) is 2.42. The molecule has 1 N–H and O–H groups in total. The molecule has 20 heavy (non-hydrogen) atoms. The van der Waals surface area contributed by atoms with Crippen molar-refractivity contribution in [3.8, 4) is 17.6 Å². The molecular weight excluding hydrogens is 346 g/mol. The zero-order chi connectivity index (χ0) is 14.7. The first-order valence-corrected chi connectivity index (χ1v) is 6.58. The third-order valence-electron chi connectivity index (χ3n) is 2.46. The fourth-order valence-corrected chi connectivity index (χ4v) is 2.17. The maximum atomic E-state index is 11.0. The molecule has 0 atom stereocenters. The van der Waals surface area contributed by atoms with Gasteiger partial charge in [-0.25, -0.2) is 4.79 Å². The molecule has 4 nitrogen and oxygen atoms in total. The lowest BCUT2D eigenvalue weighted by Crippen LogP contribution is -1.98. The van der Waals surface area contributed by atoms with E-state index in [1.807, 2.05) is 6.07 Å². The molecule has 0 bridgehead atoms. The molecule has 2 rings (SSSR count). The van der Waals surface area contributed by atoms with Crippen LogP contribution in [0.3, 0.4) is 0 Å². The fourth-order valence-electron chi connectivity index (χ4n) is 1.51. The van der Waals surface area contributed by atoms with Crippen molar-refractivity contribution in [3.63, 3.8) is 0 Å². The molecule has 0 amide bonds. The lowest BCUT2D eigenvalue weighted by molar-refractivity contribution is 0.0696. The molecule has 0 saturated heterocycles. The lowest BCUT2D eigenvalue weighted by atomic mass is 10.2. The van der Waals surface area contributed by atoms with Crippen molar-refractivity contribution in [2.45, 2.75) is 0 Å². The number of aromatic carboxylic acids is 1. The number of hydrogen-bond donors (Lipinski definition) is 1. The summed E-state index contributed by atoms with van der Waals surface area (Å²) < 4.78 is 6.18. The van der Waals surface area contributed by atoms with Crippen LogP contribution in [0.4, 0.5) is 0 Å². The van der Waals surface area contributed by atoms with Crippen LogP contribution in [0.2, 0.25) is 5.02 Å². The Kier molecular flexibility index (Phi) is 4.28. The number of hydrogen-bond acceptors (Lipinski definition) is 3. The van der Waals surface area contributed by atoms with E-state index >= 15 is 0 Å². The van der Waals surface area contributed by atoms with Gasteiger partial charge in [0.25, 0.3) is 0 Å². The van der Waals surface area contributed by atoms with Crippen LogP contribution in [0.25, 0.3) is 0 Å². The Bertz CT molecular complexity index is 725. The minimum Gasteiger partial charge on any atom is -0.478 e. The van der Waals surface area contributed by atoms with E-state index < -0.39 is 5.97 Å². The van der Waals surface area contributed by atoms with Gasteiger partial charge in [0.05, 0.1) is 26.7 Å². The summed E-state index contributed by atoms with van der Waals surface area (Å²) in [5.74, 6) is -0.306. The summed E-state index contributed by atoms with van der Waals surface area (Å²) >= 11 is 9.07. The Labute approximate surface area is 128 Å². The third kappa shape index (κ3) is 3.10. The highest BCUT2D eigenvalue weighted by molar-refractivity contribution is 9.10. The summed E-state index contributed by atoms with van der Waals surface area (Å²) in [5.41, 5.74) is 0.459. The number of ether oxygens (including phenoxy) is 1. The summed E-state index contributed by atoms with van der Waals surface area (Å²) in [7, 11) is 0. The number of benzene rings is 2. The van der Waals surface area contributed by atoms with Gasteiger partial charge in [0.15, 0.2) is 0 Å². The molecule has 0 radical (unpaired) electrons. The molecule has 0 heterocycles. The second-order valence-corrected chi connectivity index (χ2v) is 5.07. The van der Waals surface area contributed by atoms with E-state index in [0.717, 1.165) is 0 Å². The predicted molar refractivity (Wildman–Crippen MR) is 77.3 cm³/mol. The van der Waals surface area contributed by atoms with Crippen molar-refractivity contribution in [3.05, 3.63) is 57.0 Å². The fraction of sp³-hybridized carbons (Fsp3) is 0. The van der Waals surface area contributed by atoms with Crippen LogP contribution in [-0.4, -0.2) is 11.1 Å². The van der Waals surface area contributed by atoms with E-state index in [0.29, 0.717) is 21.5 Å². The van der Waals surface area contributed by atoms with Gasteiger partial charge in [0.2, 0.25) is 0 Å². The standard InChI is InChI=1S/C14H7BrClNO3/c15-11-5-8(7-17)1-4-13(11)20-9-2-3-12(16)10(6-9)14(18)19/h1-6H,(H,18,19). The first-order valence-electron chi connectivity index (χ1n) is 5.41. The van der Waals surface area contributed by atoms with Crippen molar-refractivity contribution < 1.29 is 14.6 Å². The van der Waals surface area contributed by atoms with E-state index in [1.165, 1.54) is 12.1 Å². The maximum Gasteiger partial charge on any atom is 0.337 e. The number of rotatable bonds is 3. The first-order chi connectivity index (χ1) is 9.51. The first kappa shape index (κ1) is 14.4. The highest BCUT2D eigenvalue weighted by Crippen LogP contribution is 2.32. The third-order valence-corrected chi connectivity index (χ3v) is 3.41. The molecule has 0 unspecified atom stereocenters. The van der Waals surface area contributed by atoms with Crippen molar-refractivity contribution in [1.29, 1.82) is 5.26 Å². The second-order valence-electron chi connectivity index (χ2n) is 3.81. The molecule has 0 saturated carbocycles. The Morgan fingerprint density at radius 2 is 2.05 bits per heavy atom. The van der Waals surface area contributed by atoms with Crippen LogP contribution in [0, 0.1) is 11.3 Å². The lowest BCUT2D eigenvalue weighted by Gasteiger charge is -2.09. The van der Waals surface area contributed by atoms with Crippen molar-refractivity contribution in [2.24, 2.45) is 0 Å². The van der Waals surface area contributed by atoms with E-state index in [-0.39, 0.29) is 10.6 Å². The van der Waals surface area contributed by atoms with Gasteiger partial charge in [-0.3, -0.25) is 0 Å². The van der Waals surface area contributed by atoms with E-state index in [4.69, 9.17) is 26.7 Å². The maximum absolute atomic E-state index is 11.0. The molecule has 6 heteroatoms. The van der Waals surface area contributed by atoms with Crippen molar-refractivity contribution in [2.75, 3.05) is 0 Å². The van der Waals surface area contributed by atoms with Crippen LogP contribution in [0.5, 0.6) is 11.5 Å². The molecule has 0 fully saturated rings. The summed E-state index contributed by atoms with van der Waals surface area (Å²) in [4.78, 5) is 11.0. The van der Waals surface area contributed by atoms with Crippen molar-refractivity contribution in [1.82, 2.24) is 0 Å². The highest BCUT2D eigenvalue weighted by atomic mass is 79.9. The van der Waals surface area contributed by atoms with E-state index in [2.05, 4.69) is 15.9 Å². The van der Waals surface area contributed by atoms with Crippen LogP contribution < -0.4 is 4.74 Å². The summed E-state index contributed by atoms with van der Waals surface area (Å²) in [6, 6.07) is 11.2. The van der Waals surface area contributed by atoms with Crippen LogP contribution in [-0.2, 0) is 0 Å². The van der Waals surface area contributed by atoms with Gasteiger partial charge >= 0.3 is 5.97 Å². The van der Waals surface area contributed by atoms with Gasteiger partial charge < -0.3 is 9.84 Å². The van der Waals surface area contributed by atoms with E-state index in [9.17, 15) is 4.79 Å². The summed E-state index contributed by atoms with van der Waals surface area (Å²) in [5, 5.41) is 17.9. The van der Waals surface area contributed by atoms with Crippen molar-refractivity contribution >= 4 is 33.5 Å². The van der Waals surface area contributed by atoms with Crippen LogP contribution in [0.1, 0.15) is 15.9 Å². The molecule has 0 aliphatic rings. The quantitative estimate of drug-likeness (QED) is 0.885. The van der Waals surface area contributed by atoms with Crippen LogP contribution in [0.15, 0.2) is 40.9 Å². The number of halogens is 2. The van der Waals surface area contributed by atoms with Gasteiger partial charge in [-0.2, -0.15) is 5.26 Å². The second kappa shape index (κ2) is 5.95. The predicted octanol–water partition coefficient (Wildman–Crippen LogP) is 4.46. The van der Waals surface area contributed by atoms with Gasteiger partial charge in [0.1, 0.15) is 11.5 Å². The molecule has 2 aromatic rings. The minimum absolute atomic E-state index is 0.0334. The zero-order valence-corrected chi connectivity index (χ0v) is 12.3. The number of nitrogens with zero attached hydrogens (tertiary/aromatic N) is 1. The highest BCUT2D eigenvalue weighted by Gasteiger charge is 2.11. The largest absolute Gasteiger partial charge is 0.478 e. The molecule has 0 aromatic heterocycles. The normalized spacial score (nSPS) is 9.85. The molecule has 0 aliphatic heterocycles. The molecule has 0 aliphatic carbocycles. The van der Waals surface area contributed by atoms with Gasteiger partial charge in [-0.05, 0) is 52.3 Å². The average molecular weight is 353 g/mol. The Balaban J connectivity index is 2.33. The zero-order valence-electron chi connectivity index (χ0n) is 9.93. The summed E-state index contributed by atoms with van der Waals surface area (Å²) in [6.07, 6.45) is 0. The molecule has 100 valence electrons. The number of nitriles is 1. The van der Waals surface area contributed by atoms with Gasteiger partial charge in [0, 0.05) is 0 Å².